The molecule has 0 saturated heterocycles. The van der Waals surface area contributed by atoms with Crippen LogP contribution in [0.1, 0.15) is 80.9 Å². The van der Waals surface area contributed by atoms with Crippen LogP contribution in [-0.4, -0.2) is 84.7 Å². The van der Waals surface area contributed by atoms with Gasteiger partial charge in [0.25, 0.3) is 5.91 Å². The average Bonchev–Trinajstić information content (AvgIpc) is 3.61. The minimum Gasteiger partial charge on any atom is -0.459 e. The van der Waals surface area contributed by atoms with Gasteiger partial charge in [0.1, 0.15) is 28.9 Å². The number of aromatic nitrogens is 4. The number of amides is 1. The number of ether oxygens (including phenoxy) is 4. The summed E-state index contributed by atoms with van der Waals surface area (Å²) in [5, 5.41) is 16.4. The zero-order chi connectivity index (χ0) is 44.6. The molecular formula is C37H35ClF8N6O8. The van der Waals surface area contributed by atoms with Gasteiger partial charge >= 0.3 is 36.4 Å². The molecule has 0 unspecified atom stereocenters. The molecule has 2 aliphatic carbocycles. The van der Waals surface area contributed by atoms with E-state index in [0.29, 0.717) is 17.5 Å². The van der Waals surface area contributed by atoms with Gasteiger partial charge in [-0.2, -0.15) is 50.6 Å². The molecule has 0 bridgehead atoms. The van der Waals surface area contributed by atoms with Gasteiger partial charge in [-0.05, 0) is 77.0 Å². The summed E-state index contributed by atoms with van der Waals surface area (Å²) in [4.78, 5) is 51.6. The smallest absolute Gasteiger partial charge is 0.459 e. The highest BCUT2D eigenvalue weighted by atomic mass is 35.5. The number of nitrogens with zero attached hydrogens (tertiary/aromatic N) is 6. The molecule has 14 nitrogen and oxygen atoms in total. The summed E-state index contributed by atoms with van der Waals surface area (Å²) < 4.78 is 132. The molecule has 0 N–H and O–H groups in total. The van der Waals surface area contributed by atoms with E-state index in [4.69, 9.17) is 30.5 Å². The Morgan fingerprint density at radius 1 is 0.950 bits per heavy atom. The molecule has 23 heteroatoms. The number of carbonyl (C=O) groups excluding carboxylic acids is 4. The Morgan fingerprint density at radius 2 is 1.55 bits per heavy atom. The topological polar surface area (TPSA) is 168 Å². The molecule has 0 spiro atoms. The van der Waals surface area contributed by atoms with Crippen LogP contribution in [0.2, 0.25) is 5.02 Å². The molecule has 2 heterocycles. The van der Waals surface area contributed by atoms with Crippen LogP contribution in [-0.2, 0) is 47.7 Å². The Morgan fingerprint density at radius 3 is 2.10 bits per heavy atom. The fourth-order valence-corrected chi connectivity index (χ4v) is 6.36. The lowest BCUT2D eigenvalue weighted by Crippen LogP contribution is -2.44. The number of hydrogen-bond acceptors (Lipinski definition) is 11. The third-order valence-electron chi connectivity index (χ3n) is 9.22. The van der Waals surface area contributed by atoms with E-state index < -0.39 is 89.4 Å². The molecule has 0 atom stereocenters. The summed E-state index contributed by atoms with van der Waals surface area (Å²) in [6.07, 6.45) is -9.26. The maximum Gasteiger partial charge on any atom is 0.510 e. The maximum absolute atomic E-state index is 14.2. The van der Waals surface area contributed by atoms with Crippen molar-refractivity contribution in [3.05, 3.63) is 64.6 Å². The monoisotopic (exact) mass is 878 g/mol. The second-order valence-electron chi connectivity index (χ2n) is 14.8. The molecule has 2 fully saturated rings. The van der Waals surface area contributed by atoms with Gasteiger partial charge in [0.2, 0.25) is 0 Å². The molecule has 2 aliphatic rings. The third-order valence-corrected chi connectivity index (χ3v) is 9.55. The summed E-state index contributed by atoms with van der Waals surface area (Å²) in [5.41, 5.74) is -7.37. The summed E-state index contributed by atoms with van der Waals surface area (Å²) in [6, 6.07) is 5.70. The first kappa shape index (κ1) is 45.4. The number of nitriles is 1. The Bertz CT molecular complexity index is 2210. The van der Waals surface area contributed by atoms with E-state index in [1.54, 1.807) is 20.8 Å². The Kier molecular flexibility index (Phi) is 12.7. The van der Waals surface area contributed by atoms with Crippen LogP contribution in [0.5, 0.6) is 0 Å². The van der Waals surface area contributed by atoms with Gasteiger partial charge in [-0.3, -0.25) is 9.69 Å². The standard InChI is InChI=1S/C37H35ClF8N6O8/c1-33(2,3)60-27(54)12-11-26(53)58-22-6-8-23(9-7-22)59-32(56)57-19-51(34(18-47)13-14-34)31(55)24-15-20(5-10-25(24)38)21-16-48-52(17-21)30-28(36(41,42)43)29(49-50(30)4)35(39,40)37(44,45)46/h5,10-12,15-17,22-23H,6-9,13-14,19H2,1-4H3/b12-11+/t22-,23-. The van der Waals surface area contributed by atoms with Crippen LogP contribution in [0.15, 0.2) is 42.7 Å². The van der Waals surface area contributed by atoms with Gasteiger partial charge in [0.05, 0.1) is 22.9 Å². The quantitative estimate of drug-likeness (QED) is 0.0603. The van der Waals surface area contributed by atoms with E-state index in [0.717, 1.165) is 36.5 Å². The number of benzene rings is 1. The number of esters is 2. The highest BCUT2D eigenvalue weighted by molar-refractivity contribution is 6.34. The van der Waals surface area contributed by atoms with Crippen LogP contribution >= 0.6 is 11.6 Å². The number of rotatable bonds is 11. The maximum atomic E-state index is 14.2. The van der Waals surface area contributed by atoms with Crippen molar-refractivity contribution in [1.29, 1.82) is 5.26 Å². The first-order valence-electron chi connectivity index (χ1n) is 17.9. The number of hydrogen-bond donors (Lipinski definition) is 0. The number of alkyl halides is 8. The lowest BCUT2D eigenvalue weighted by atomic mass is 9.95. The fourth-order valence-electron chi connectivity index (χ4n) is 6.16. The van der Waals surface area contributed by atoms with Crippen molar-refractivity contribution in [2.75, 3.05) is 6.73 Å². The van der Waals surface area contributed by atoms with Crippen LogP contribution in [0, 0.1) is 11.3 Å². The van der Waals surface area contributed by atoms with Gasteiger partial charge in [0, 0.05) is 31.0 Å². The molecular weight excluding hydrogens is 844 g/mol. The minimum atomic E-state index is -6.41. The largest absolute Gasteiger partial charge is 0.510 e. The van der Waals surface area contributed by atoms with E-state index in [-0.39, 0.29) is 52.1 Å². The number of halogens is 9. The summed E-state index contributed by atoms with van der Waals surface area (Å²) in [7, 11) is 0.720. The predicted octanol–water partition coefficient (Wildman–Crippen LogP) is 7.96. The lowest BCUT2D eigenvalue weighted by Gasteiger charge is -2.29. The fraction of sp³-hybridized carbons (Fsp3) is 0.486. The average molecular weight is 879 g/mol. The molecule has 0 radical (unpaired) electrons. The Balaban J connectivity index is 1.26. The molecule has 2 saturated carbocycles. The van der Waals surface area contributed by atoms with E-state index in [1.165, 1.54) is 18.2 Å². The van der Waals surface area contributed by atoms with Gasteiger partial charge < -0.3 is 18.9 Å². The molecule has 1 aromatic carbocycles. The lowest BCUT2D eigenvalue weighted by molar-refractivity contribution is -0.292. The summed E-state index contributed by atoms with van der Waals surface area (Å²) in [6.45, 7) is 4.23. The van der Waals surface area contributed by atoms with Crippen molar-refractivity contribution in [2.24, 2.45) is 7.05 Å². The van der Waals surface area contributed by atoms with Crippen molar-refractivity contribution >= 4 is 35.6 Å². The first-order chi connectivity index (χ1) is 27.8. The Hall–Kier alpha value is -5.72. The van der Waals surface area contributed by atoms with Crippen molar-refractivity contribution < 1.29 is 73.2 Å². The molecule has 3 aromatic rings. The second-order valence-corrected chi connectivity index (χ2v) is 15.2. The van der Waals surface area contributed by atoms with Crippen molar-refractivity contribution in [3.8, 4) is 23.0 Å². The van der Waals surface area contributed by atoms with Crippen LogP contribution in [0.3, 0.4) is 0 Å². The molecule has 1 amide bonds. The Labute approximate surface area is 340 Å². The van der Waals surface area contributed by atoms with Gasteiger partial charge in [-0.1, -0.05) is 17.7 Å². The van der Waals surface area contributed by atoms with Crippen molar-refractivity contribution in [3.63, 3.8) is 0 Å². The van der Waals surface area contributed by atoms with E-state index >= 15 is 0 Å². The normalized spacial score (nSPS) is 18.1. The minimum absolute atomic E-state index is 0.0475. The van der Waals surface area contributed by atoms with Gasteiger partial charge in [-0.15, -0.1) is 0 Å². The van der Waals surface area contributed by atoms with Crippen LogP contribution in [0.4, 0.5) is 39.9 Å². The predicted molar refractivity (Wildman–Crippen MR) is 189 cm³/mol. The zero-order valence-corrected chi connectivity index (χ0v) is 32.8. The van der Waals surface area contributed by atoms with E-state index in [2.05, 4.69) is 10.2 Å². The number of aryl methyl sites for hydroxylation is 1. The van der Waals surface area contributed by atoms with Crippen LogP contribution in [0.25, 0.3) is 16.9 Å². The van der Waals surface area contributed by atoms with E-state index in [1.807, 2.05) is 6.07 Å². The van der Waals surface area contributed by atoms with Gasteiger partial charge in [0.15, 0.2) is 18.2 Å². The molecule has 60 heavy (non-hydrogen) atoms. The summed E-state index contributed by atoms with van der Waals surface area (Å²) >= 11 is 6.36. The third kappa shape index (κ3) is 10.2. The molecule has 2 aromatic heterocycles. The second kappa shape index (κ2) is 16.7. The molecule has 5 rings (SSSR count). The molecule has 324 valence electrons. The van der Waals surface area contributed by atoms with Crippen LogP contribution < -0.4 is 0 Å². The van der Waals surface area contributed by atoms with Gasteiger partial charge in [-0.25, -0.2) is 23.7 Å². The zero-order valence-electron chi connectivity index (χ0n) is 32.0. The number of carbonyl (C=O) groups is 4. The van der Waals surface area contributed by atoms with E-state index in [9.17, 15) is 59.6 Å². The van der Waals surface area contributed by atoms with Crippen molar-refractivity contribution in [1.82, 2.24) is 24.5 Å². The first-order valence-corrected chi connectivity index (χ1v) is 18.3. The molecule has 0 aliphatic heterocycles. The highest BCUT2D eigenvalue weighted by Gasteiger charge is 2.64. The summed E-state index contributed by atoms with van der Waals surface area (Å²) in [5.74, 6) is -9.63. The van der Waals surface area contributed by atoms with Crippen molar-refractivity contribution in [2.45, 2.75) is 101 Å². The highest BCUT2D eigenvalue weighted by Crippen LogP contribution is 2.49. The SMILES string of the molecule is Cn1nc(C(F)(F)C(F)(F)F)c(C(F)(F)F)c1-n1cc(-c2ccc(Cl)c(C(=O)N(COC(=O)O[C@H]3CC[C@H](OC(=O)/C=C/C(=O)OC(C)(C)C)CC3)C3(C#N)CC3)c2)cn1.